The minimum absolute atomic E-state index is 0.0564. The lowest BCUT2D eigenvalue weighted by Crippen LogP contribution is -2.24. The second kappa shape index (κ2) is 7.87. The quantitative estimate of drug-likeness (QED) is 0.552. The maximum atomic E-state index is 12.5. The van der Waals surface area contributed by atoms with Crippen molar-refractivity contribution in [2.24, 2.45) is 0 Å². The third kappa shape index (κ3) is 4.02. The van der Waals surface area contributed by atoms with Crippen molar-refractivity contribution in [3.8, 4) is 11.4 Å². The largest absolute Gasteiger partial charge is 0.339 e. The van der Waals surface area contributed by atoms with E-state index in [0.717, 1.165) is 15.6 Å². The Labute approximate surface area is 172 Å². The highest BCUT2D eigenvalue weighted by Gasteiger charge is 2.34. The topological polar surface area (TPSA) is 59.2 Å². The van der Waals surface area contributed by atoms with Gasteiger partial charge in [0.2, 0.25) is 17.6 Å². The zero-order valence-corrected chi connectivity index (χ0v) is 17.5. The van der Waals surface area contributed by atoms with Crippen molar-refractivity contribution in [1.82, 2.24) is 15.0 Å². The summed E-state index contributed by atoms with van der Waals surface area (Å²) in [6.45, 7) is 5.57. The average Bonchev–Trinajstić information content (AvgIpc) is 3.30. The normalized spacial score (nSPS) is 16.9. The molecule has 0 spiro atoms. The van der Waals surface area contributed by atoms with Gasteiger partial charge in [-0.15, -0.1) is 0 Å². The van der Waals surface area contributed by atoms with Gasteiger partial charge in [-0.3, -0.25) is 4.79 Å². The lowest BCUT2D eigenvalue weighted by atomic mass is 10.0. The summed E-state index contributed by atoms with van der Waals surface area (Å²) in [7, 11) is 0. The number of aromatic nitrogens is 2. The number of benzene rings is 2. The summed E-state index contributed by atoms with van der Waals surface area (Å²) in [5.74, 6) is 1.66. The monoisotopic (exact) mass is 439 g/mol. The Morgan fingerprint density at radius 2 is 1.86 bits per heavy atom. The summed E-state index contributed by atoms with van der Waals surface area (Å²) in [6.07, 6.45) is 0.409. The van der Waals surface area contributed by atoms with Crippen molar-refractivity contribution in [3.05, 3.63) is 70.0 Å². The fourth-order valence-electron chi connectivity index (χ4n) is 3.44. The van der Waals surface area contributed by atoms with Gasteiger partial charge in [0.1, 0.15) is 0 Å². The van der Waals surface area contributed by atoms with E-state index in [1.807, 2.05) is 29.2 Å². The zero-order chi connectivity index (χ0) is 19.7. The summed E-state index contributed by atoms with van der Waals surface area (Å²) in [5, 5.41) is 4.09. The van der Waals surface area contributed by atoms with E-state index in [9.17, 15) is 4.79 Å². The molecule has 1 amide bonds. The van der Waals surface area contributed by atoms with E-state index in [2.05, 4.69) is 64.2 Å². The number of carbonyl (C=O) groups excluding carboxylic acids is 1. The second-order valence-electron chi connectivity index (χ2n) is 7.53. The molecule has 0 aliphatic carbocycles. The minimum atomic E-state index is -0.0564. The first kappa shape index (κ1) is 18.9. The first-order valence-corrected chi connectivity index (χ1v) is 10.2. The highest BCUT2D eigenvalue weighted by atomic mass is 79.9. The van der Waals surface area contributed by atoms with E-state index < -0.39 is 0 Å². The van der Waals surface area contributed by atoms with Crippen LogP contribution < -0.4 is 0 Å². The van der Waals surface area contributed by atoms with Gasteiger partial charge in [-0.2, -0.15) is 4.98 Å². The molecule has 6 heteroatoms. The SMILES string of the molecule is CC(C)c1ccc(CN2CC(c3nc(-c4ccc(Br)cc4)no3)CC2=O)cc1. The molecule has 3 aromatic rings. The number of hydrogen-bond acceptors (Lipinski definition) is 4. The fraction of sp³-hybridized carbons (Fsp3) is 0.318. The van der Waals surface area contributed by atoms with E-state index in [4.69, 9.17) is 4.52 Å². The van der Waals surface area contributed by atoms with Gasteiger partial charge in [-0.1, -0.05) is 59.2 Å². The molecule has 0 radical (unpaired) electrons. The molecule has 0 saturated carbocycles. The number of halogens is 1. The Morgan fingerprint density at radius 3 is 2.54 bits per heavy atom. The number of amides is 1. The van der Waals surface area contributed by atoms with Gasteiger partial charge in [0.15, 0.2) is 0 Å². The van der Waals surface area contributed by atoms with Crippen LogP contribution in [0, 0.1) is 0 Å². The molecule has 0 bridgehead atoms. The van der Waals surface area contributed by atoms with E-state index in [1.165, 1.54) is 5.56 Å². The smallest absolute Gasteiger partial charge is 0.232 e. The van der Waals surface area contributed by atoms with Gasteiger partial charge < -0.3 is 9.42 Å². The van der Waals surface area contributed by atoms with Gasteiger partial charge >= 0.3 is 0 Å². The Hall–Kier alpha value is -2.47. The van der Waals surface area contributed by atoms with Crippen molar-refractivity contribution < 1.29 is 9.32 Å². The van der Waals surface area contributed by atoms with Crippen LogP contribution in [0.1, 0.15) is 49.1 Å². The van der Waals surface area contributed by atoms with Crippen molar-refractivity contribution in [2.75, 3.05) is 6.54 Å². The maximum absolute atomic E-state index is 12.5. The molecular weight excluding hydrogens is 418 g/mol. The van der Waals surface area contributed by atoms with Crippen LogP contribution in [-0.4, -0.2) is 27.5 Å². The molecule has 1 atom stereocenters. The van der Waals surface area contributed by atoms with Crippen LogP contribution in [0.5, 0.6) is 0 Å². The first-order valence-electron chi connectivity index (χ1n) is 9.46. The molecule has 1 aliphatic heterocycles. The predicted molar refractivity (Wildman–Crippen MR) is 111 cm³/mol. The van der Waals surface area contributed by atoms with E-state index >= 15 is 0 Å². The Morgan fingerprint density at radius 1 is 1.14 bits per heavy atom. The van der Waals surface area contributed by atoms with Crippen molar-refractivity contribution >= 4 is 21.8 Å². The van der Waals surface area contributed by atoms with Crippen molar-refractivity contribution in [2.45, 2.75) is 38.6 Å². The van der Waals surface area contributed by atoms with E-state index in [-0.39, 0.29) is 11.8 Å². The zero-order valence-electron chi connectivity index (χ0n) is 15.9. The molecule has 5 nitrogen and oxygen atoms in total. The third-order valence-corrected chi connectivity index (χ3v) is 5.66. The van der Waals surface area contributed by atoms with Crippen LogP contribution in [0.4, 0.5) is 0 Å². The van der Waals surface area contributed by atoms with Gasteiger partial charge in [0.05, 0.1) is 5.92 Å². The predicted octanol–water partition coefficient (Wildman–Crippen LogP) is 5.14. The Balaban J connectivity index is 1.44. The highest BCUT2D eigenvalue weighted by molar-refractivity contribution is 9.10. The molecule has 28 heavy (non-hydrogen) atoms. The summed E-state index contributed by atoms with van der Waals surface area (Å²) in [6, 6.07) is 16.2. The van der Waals surface area contributed by atoms with Gasteiger partial charge in [0, 0.05) is 29.5 Å². The standard InChI is InChI=1S/C22H22BrN3O2/c1-14(2)16-5-3-15(4-6-16)12-26-13-18(11-20(26)27)22-24-21(25-28-22)17-7-9-19(23)10-8-17/h3-10,14,18H,11-13H2,1-2H3. The molecule has 144 valence electrons. The van der Waals surface area contributed by atoms with Crippen LogP contribution >= 0.6 is 15.9 Å². The van der Waals surface area contributed by atoms with Crippen LogP contribution in [0.25, 0.3) is 11.4 Å². The molecule has 1 aliphatic rings. The molecule has 0 N–H and O–H groups in total. The number of carbonyl (C=O) groups is 1. The van der Waals surface area contributed by atoms with Crippen LogP contribution in [0.15, 0.2) is 57.5 Å². The molecule has 2 heterocycles. The highest BCUT2D eigenvalue weighted by Crippen LogP contribution is 2.30. The molecule has 2 aromatic carbocycles. The molecule has 1 aromatic heterocycles. The Kier molecular flexibility index (Phi) is 5.31. The lowest BCUT2D eigenvalue weighted by Gasteiger charge is -2.16. The Bertz CT molecular complexity index is 964. The number of likely N-dealkylation sites (tertiary alicyclic amines) is 1. The minimum Gasteiger partial charge on any atom is -0.339 e. The number of hydrogen-bond donors (Lipinski definition) is 0. The molecule has 1 unspecified atom stereocenters. The van der Waals surface area contributed by atoms with Crippen molar-refractivity contribution in [1.29, 1.82) is 0 Å². The van der Waals surface area contributed by atoms with Crippen LogP contribution in [0.3, 0.4) is 0 Å². The summed E-state index contributed by atoms with van der Waals surface area (Å²) >= 11 is 3.42. The molecule has 1 saturated heterocycles. The van der Waals surface area contributed by atoms with Gasteiger partial charge in [0.25, 0.3) is 0 Å². The van der Waals surface area contributed by atoms with E-state index in [0.29, 0.717) is 37.1 Å². The summed E-state index contributed by atoms with van der Waals surface area (Å²) in [5.41, 5.74) is 3.34. The second-order valence-corrected chi connectivity index (χ2v) is 8.45. The number of nitrogens with zero attached hydrogens (tertiary/aromatic N) is 3. The maximum Gasteiger partial charge on any atom is 0.232 e. The summed E-state index contributed by atoms with van der Waals surface area (Å²) in [4.78, 5) is 18.9. The molecule has 1 fully saturated rings. The van der Waals surface area contributed by atoms with Gasteiger partial charge in [-0.25, -0.2) is 0 Å². The number of rotatable bonds is 5. The van der Waals surface area contributed by atoms with Crippen molar-refractivity contribution in [3.63, 3.8) is 0 Å². The molecular formula is C22H22BrN3O2. The average molecular weight is 440 g/mol. The third-order valence-electron chi connectivity index (χ3n) is 5.13. The first-order chi connectivity index (χ1) is 13.5. The summed E-state index contributed by atoms with van der Waals surface area (Å²) < 4.78 is 6.47. The van der Waals surface area contributed by atoms with Crippen LogP contribution in [-0.2, 0) is 11.3 Å². The van der Waals surface area contributed by atoms with Crippen LogP contribution in [0.2, 0.25) is 0 Å². The van der Waals surface area contributed by atoms with E-state index in [1.54, 1.807) is 0 Å². The molecule has 4 rings (SSSR count). The fourth-order valence-corrected chi connectivity index (χ4v) is 3.70. The lowest BCUT2D eigenvalue weighted by molar-refractivity contribution is -0.128. The van der Waals surface area contributed by atoms with Gasteiger partial charge in [-0.05, 0) is 41.3 Å².